The number of guanidine groups is 1. The average molecular weight is 507 g/mol. The van der Waals surface area contributed by atoms with Crippen molar-refractivity contribution in [2.45, 2.75) is 37.5 Å². The first-order valence-corrected chi connectivity index (χ1v) is 10.2. The molecule has 0 aromatic heterocycles. The summed E-state index contributed by atoms with van der Waals surface area (Å²) in [4.78, 5) is 4.46. The van der Waals surface area contributed by atoms with Gasteiger partial charge in [-0.2, -0.15) is 0 Å². The van der Waals surface area contributed by atoms with Crippen LogP contribution < -0.4 is 10.6 Å². The number of nitrogens with zero attached hydrogens (tertiary/aromatic N) is 1. The number of benzene rings is 2. The molecule has 1 aliphatic rings. The fourth-order valence-corrected chi connectivity index (χ4v) is 3.89. The number of nitrogens with one attached hydrogen (secondary N) is 2. The minimum atomic E-state index is 0. The van der Waals surface area contributed by atoms with Crippen LogP contribution in [0.15, 0.2) is 65.7 Å². The highest BCUT2D eigenvalue weighted by atomic mass is 127. The molecule has 4 nitrogen and oxygen atoms in total. The van der Waals surface area contributed by atoms with Crippen molar-refractivity contribution < 1.29 is 4.74 Å². The summed E-state index contributed by atoms with van der Waals surface area (Å²) in [6.07, 6.45) is 2.05. The molecular weight excluding hydrogens is 473 g/mol. The monoisotopic (exact) mass is 507 g/mol. The van der Waals surface area contributed by atoms with Crippen LogP contribution in [0, 0.1) is 0 Å². The Labute approximate surface area is 192 Å². The van der Waals surface area contributed by atoms with Crippen LogP contribution >= 0.6 is 24.0 Å². The van der Waals surface area contributed by atoms with E-state index in [2.05, 4.69) is 90.1 Å². The quantitative estimate of drug-likeness (QED) is 0.344. The molecule has 5 heteroatoms. The van der Waals surface area contributed by atoms with Gasteiger partial charge >= 0.3 is 0 Å². The lowest BCUT2D eigenvalue weighted by molar-refractivity contribution is 0.0514. The summed E-state index contributed by atoms with van der Waals surface area (Å²) in [7, 11) is 1.84. The van der Waals surface area contributed by atoms with E-state index in [1.807, 2.05) is 7.05 Å². The Bertz CT molecular complexity index is 756. The van der Waals surface area contributed by atoms with Crippen molar-refractivity contribution in [1.82, 2.24) is 10.6 Å². The van der Waals surface area contributed by atoms with E-state index in [0.717, 1.165) is 45.1 Å². The summed E-state index contributed by atoms with van der Waals surface area (Å²) in [6.45, 7) is 7.80. The van der Waals surface area contributed by atoms with Gasteiger partial charge in [-0.25, -0.2) is 0 Å². The Kier molecular flexibility index (Phi) is 8.96. The van der Waals surface area contributed by atoms with Crippen molar-refractivity contribution in [3.05, 3.63) is 71.8 Å². The first-order chi connectivity index (χ1) is 13.6. The number of halogens is 1. The van der Waals surface area contributed by atoms with E-state index in [1.165, 1.54) is 11.1 Å². The highest BCUT2D eigenvalue weighted by molar-refractivity contribution is 14.0. The Morgan fingerprint density at radius 2 is 1.55 bits per heavy atom. The SMILES string of the molecule is CN=C(NCC(C)(C)c1ccccc1)NCC1(c2ccccc2)CCOCC1.I. The zero-order valence-electron chi connectivity index (χ0n) is 17.8. The molecule has 29 heavy (non-hydrogen) atoms. The second kappa shape index (κ2) is 11.0. The third-order valence-corrected chi connectivity index (χ3v) is 5.91. The lowest BCUT2D eigenvalue weighted by Crippen LogP contribution is -2.49. The number of hydrogen-bond donors (Lipinski definition) is 2. The van der Waals surface area contributed by atoms with E-state index in [1.54, 1.807) is 0 Å². The first kappa shape index (κ1) is 23.7. The minimum absolute atomic E-state index is 0. The van der Waals surface area contributed by atoms with E-state index in [4.69, 9.17) is 4.74 Å². The Morgan fingerprint density at radius 3 is 2.14 bits per heavy atom. The predicted octanol–water partition coefficient (Wildman–Crippen LogP) is 4.50. The van der Waals surface area contributed by atoms with Gasteiger partial charge in [-0.1, -0.05) is 74.5 Å². The van der Waals surface area contributed by atoms with Crippen LogP contribution in [0.3, 0.4) is 0 Å². The van der Waals surface area contributed by atoms with Crippen molar-refractivity contribution in [3.63, 3.8) is 0 Å². The van der Waals surface area contributed by atoms with Gasteiger partial charge in [0.1, 0.15) is 0 Å². The number of ether oxygens (including phenoxy) is 1. The largest absolute Gasteiger partial charge is 0.381 e. The third kappa shape index (κ3) is 6.19. The zero-order valence-corrected chi connectivity index (χ0v) is 20.1. The molecule has 0 radical (unpaired) electrons. The molecule has 1 heterocycles. The van der Waals surface area contributed by atoms with Gasteiger partial charge in [0.15, 0.2) is 5.96 Å². The van der Waals surface area contributed by atoms with Crippen molar-refractivity contribution >= 4 is 29.9 Å². The molecule has 2 aromatic carbocycles. The van der Waals surface area contributed by atoms with Gasteiger partial charge in [0.05, 0.1) is 0 Å². The highest BCUT2D eigenvalue weighted by Gasteiger charge is 2.34. The van der Waals surface area contributed by atoms with Gasteiger partial charge in [0.2, 0.25) is 0 Å². The zero-order chi connectivity index (χ0) is 19.9. The van der Waals surface area contributed by atoms with Gasteiger partial charge in [-0.3, -0.25) is 4.99 Å². The van der Waals surface area contributed by atoms with Gasteiger partial charge in [-0.15, -0.1) is 24.0 Å². The number of aliphatic imine (C=N–C) groups is 1. The van der Waals surface area contributed by atoms with Crippen LogP contribution in [0.5, 0.6) is 0 Å². The molecule has 0 unspecified atom stereocenters. The van der Waals surface area contributed by atoms with E-state index in [0.29, 0.717) is 0 Å². The van der Waals surface area contributed by atoms with Crippen LogP contribution in [-0.2, 0) is 15.6 Å². The van der Waals surface area contributed by atoms with Crippen molar-refractivity contribution in [1.29, 1.82) is 0 Å². The fraction of sp³-hybridized carbons (Fsp3) is 0.458. The van der Waals surface area contributed by atoms with Gasteiger partial charge in [-0.05, 0) is 24.0 Å². The maximum Gasteiger partial charge on any atom is 0.191 e. The smallest absolute Gasteiger partial charge is 0.191 e. The van der Waals surface area contributed by atoms with Crippen molar-refractivity contribution in [3.8, 4) is 0 Å². The molecule has 158 valence electrons. The number of rotatable bonds is 6. The normalized spacial score (nSPS) is 16.6. The van der Waals surface area contributed by atoms with Crippen LogP contribution in [0.4, 0.5) is 0 Å². The van der Waals surface area contributed by atoms with Crippen LogP contribution in [0.1, 0.15) is 37.8 Å². The Balaban J connectivity index is 0.00000300. The van der Waals surface area contributed by atoms with Gasteiger partial charge in [0.25, 0.3) is 0 Å². The molecule has 0 atom stereocenters. The van der Waals surface area contributed by atoms with Gasteiger partial charge < -0.3 is 15.4 Å². The second-order valence-corrected chi connectivity index (χ2v) is 8.29. The number of hydrogen-bond acceptors (Lipinski definition) is 2. The van der Waals surface area contributed by atoms with Crippen LogP contribution in [0.25, 0.3) is 0 Å². The summed E-state index contributed by atoms with van der Waals surface area (Å²) < 4.78 is 5.65. The second-order valence-electron chi connectivity index (χ2n) is 8.29. The lowest BCUT2D eigenvalue weighted by atomic mass is 9.74. The molecule has 0 amide bonds. The molecular formula is C24H34IN3O. The molecule has 1 saturated heterocycles. The maximum atomic E-state index is 5.65. The highest BCUT2D eigenvalue weighted by Crippen LogP contribution is 2.34. The lowest BCUT2D eigenvalue weighted by Gasteiger charge is -2.38. The molecule has 0 bridgehead atoms. The molecule has 3 rings (SSSR count). The van der Waals surface area contributed by atoms with Crippen LogP contribution in [-0.4, -0.2) is 39.3 Å². The minimum Gasteiger partial charge on any atom is -0.381 e. The molecule has 0 aliphatic carbocycles. The molecule has 0 saturated carbocycles. The van der Waals surface area contributed by atoms with Gasteiger partial charge in [0, 0.05) is 44.2 Å². The summed E-state index contributed by atoms with van der Waals surface area (Å²) in [5, 5.41) is 7.11. The van der Waals surface area contributed by atoms with Crippen LogP contribution in [0.2, 0.25) is 0 Å². The molecule has 2 aromatic rings. The molecule has 1 fully saturated rings. The standard InChI is InChI=1S/C24H33N3O.HI/c1-23(2,20-10-6-4-7-11-20)18-26-22(25-3)27-19-24(14-16-28-17-15-24)21-12-8-5-9-13-21;/h4-13H,14-19H2,1-3H3,(H2,25,26,27);1H. The summed E-state index contributed by atoms with van der Waals surface area (Å²) >= 11 is 0. The van der Waals surface area contributed by atoms with Crippen molar-refractivity contribution in [2.75, 3.05) is 33.4 Å². The van der Waals surface area contributed by atoms with E-state index in [-0.39, 0.29) is 34.8 Å². The summed E-state index contributed by atoms with van der Waals surface area (Å²) in [5.74, 6) is 0.853. The molecule has 0 spiro atoms. The van der Waals surface area contributed by atoms with E-state index in [9.17, 15) is 0 Å². The Hall–Kier alpha value is -1.60. The summed E-state index contributed by atoms with van der Waals surface area (Å²) in [6, 6.07) is 21.4. The summed E-state index contributed by atoms with van der Waals surface area (Å²) in [5.41, 5.74) is 2.81. The molecule has 2 N–H and O–H groups in total. The average Bonchev–Trinajstić information content (AvgIpc) is 2.76. The maximum absolute atomic E-state index is 5.65. The fourth-order valence-electron chi connectivity index (χ4n) is 3.89. The van der Waals surface area contributed by atoms with E-state index < -0.39 is 0 Å². The Morgan fingerprint density at radius 1 is 0.966 bits per heavy atom. The molecule has 1 aliphatic heterocycles. The third-order valence-electron chi connectivity index (χ3n) is 5.91. The van der Waals surface area contributed by atoms with Crippen molar-refractivity contribution in [2.24, 2.45) is 4.99 Å². The first-order valence-electron chi connectivity index (χ1n) is 10.2. The van der Waals surface area contributed by atoms with E-state index >= 15 is 0 Å². The predicted molar refractivity (Wildman–Crippen MR) is 132 cm³/mol. The topological polar surface area (TPSA) is 45.7 Å².